The molecule has 17 heavy (non-hydrogen) atoms. The van der Waals surface area contributed by atoms with Crippen LogP contribution in [0.4, 0.5) is 0 Å². The highest BCUT2D eigenvalue weighted by Crippen LogP contribution is 2.28. The van der Waals surface area contributed by atoms with Crippen LogP contribution in [0.3, 0.4) is 0 Å². The van der Waals surface area contributed by atoms with Crippen molar-refractivity contribution in [2.75, 3.05) is 0 Å². The summed E-state index contributed by atoms with van der Waals surface area (Å²) in [7, 11) is 0. The standard InChI is InChI=1S/C15H24N2/c1-11-9-12(2)17(13(3)15(11)16)10-14-7-5-4-6-8-14/h4-8,11-13,15H,9-10,16H2,1-3H3/t11-,12-,13+,15+/m0/s1. The normalized spacial score (nSPS) is 34.8. The van der Waals surface area contributed by atoms with E-state index in [9.17, 15) is 0 Å². The van der Waals surface area contributed by atoms with Gasteiger partial charge in [-0.2, -0.15) is 0 Å². The number of hydrogen-bond acceptors (Lipinski definition) is 2. The summed E-state index contributed by atoms with van der Waals surface area (Å²) in [6, 6.07) is 12.1. The molecule has 0 radical (unpaired) electrons. The fraction of sp³-hybridized carbons (Fsp3) is 0.600. The first-order valence-electron chi connectivity index (χ1n) is 6.65. The summed E-state index contributed by atoms with van der Waals surface area (Å²) < 4.78 is 0. The van der Waals surface area contributed by atoms with Crippen molar-refractivity contribution >= 4 is 0 Å². The molecule has 0 aromatic heterocycles. The van der Waals surface area contributed by atoms with Crippen molar-refractivity contribution in [3.05, 3.63) is 35.9 Å². The molecule has 0 saturated carbocycles. The molecule has 2 nitrogen and oxygen atoms in total. The van der Waals surface area contributed by atoms with Gasteiger partial charge in [0.15, 0.2) is 0 Å². The van der Waals surface area contributed by atoms with Crippen LogP contribution in [-0.2, 0) is 6.54 Å². The molecule has 1 aliphatic heterocycles. The van der Waals surface area contributed by atoms with Crippen molar-refractivity contribution < 1.29 is 0 Å². The average Bonchev–Trinajstić information content (AvgIpc) is 2.33. The topological polar surface area (TPSA) is 29.3 Å². The summed E-state index contributed by atoms with van der Waals surface area (Å²) in [6.45, 7) is 7.88. The SMILES string of the molecule is C[C@@H]1[C@H](N)[C@@H](C)C[C@H](C)N1Cc1ccccc1. The Morgan fingerprint density at radius 3 is 2.47 bits per heavy atom. The van der Waals surface area contributed by atoms with Crippen LogP contribution in [0, 0.1) is 5.92 Å². The molecular formula is C15H24N2. The fourth-order valence-electron chi connectivity index (χ4n) is 3.02. The zero-order valence-electron chi connectivity index (χ0n) is 11.1. The maximum Gasteiger partial charge on any atom is 0.0240 e. The molecule has 1 aromatic rings. The Labute approximate surface area is 105 Å². The van der Waals surface area contributed by atoms with Gasteiger partial charge in [0, 0.05) is 24.7 Å². The minimum absolute atomic E-state index is 0.301. The molecule has 2 heteroatoms. The van der Waals surface area contributed by atoms with E-state index in [2.05, 4.69) is 56.0 Å². The van der Waals surface area contributed by atoms with Crippen LogP contribution in [0.1, 0.15) is 32.8 Å². The van der Waals surface area contributed by atoms with E-state index in [-0.39, 0.29) is 0 Å². The van der Waals surface area contributed by atoms with Gasteiger partial charge in [0.25, 0.3) is 0 Å². The Balaban J connectivity index is 2.09. The monoisotopic (exact) mass is 232 g/mol. The second-order valence-electron chi connectivity index (χ2n) is 5.54. The van der Waals surface area contributed by atoms with E-state index in [1.165, 1.54) is 12.0 Å². The van der Waals surface area contributed by atoms with Crippen LogP contribution < -0.4 is 5.73 Å². The molecule has 94 valence electrons. The lowest BCUT2D eigenvalue weighted by atomic mass is 9.84. The molecule has 0 amide bonds. The number of rotatable bonds is 2. The van der Waals surface area contributed by atoms with Crippen LogP contribution >= 0.6 is 0 Å². The number of nitrogens with two attached hydrogens (primary N) is 1. The number of likely N-dealkylation sites (tertiary alicyclic amines) is 1. The van der Waals surface area contributed by atoms with Gasteiger partial charge in [-0.25, -0.2) is 0 Å². The van der Waals surface area contributed by atoms with Crippen molar-refractivity contribution in [3.8, 4) is 0 Å². The lowest BCUT2D eigenvalue weighted by Crippen LogP contribution is -2.57. The van der Waals surface area contributed by atoms with E-state index in [1.54, 1.807) is 0 Å². The van der Waals surface area contributed by atoms with Gasteiger partial charge in [0.1, 0.15) is 0 Å². The number of nitrogens with zero attached hydrogens (tertiary/aromatic N) is 1. The molecule has 0 spiro atoms. The van der Waals surface area contributed by atoms with Crippen molar-refractivity contribution in [1.29, 1.82) is 0 Å². The predicted molar refractivity (Wildman–Crippen MR) is 72.7 cm³/mol. The minimum Gasteiger partial charge on any atom is -0.326 e. The molecule has 2 N–H and O–H groups in total. The summed E-state index contributed by atoms with van der Waals surface area (Å²) in [6.07, 6.45) is 1.21. The Morgan fingerprint density at radius 2 is 1.82 bits per heavy atom. The van der Waals surface area contributed by atoms with E-state index in [0.717, 1.165) is 6.54 Å². The smallest absolute Gasteiger partial charge is 0.0240 e. The summed E-state index contributed by atoms with van der Waals surface area (Å²) >= 11 is 0. The zero-order valence-corrected chi connectivity index (χ0v) is 11.1. The first kappa shape index (κ1) is 12.6. The maximum atomic E-state index is 6.29. The highest BCUT2D eigenvalue weighted by atomic mass is 15.2. The van der Waals surface area contributed by atoms with Gasteiger partial charge in [-0.15, -0.1) is 0 Å². The third kappa shape index (κ3) is 2.70. The Bertz CT molecular complexity index is 349. The second kappa shape index (κ2) is 5.19. The van der Waals surface area contributed by atoms with E-state index in [0.29, 0.717) is 24.0 Å². The lowest BCUT2D eigenvalue weighted by molar-refractivity contribution is 0.0500. The fourth-order valence-corrected chi connectivity index (χ4v) is 3.02. The molecule has 1 aliphatic rings. The van der Waals surface area contributed by atoms with Gasteiger partial charge in [0.2, 0.25) is 0 Å². The first-order valence-corrected chi connectivity index (χ1v) is 6.65. The van der Waals surface area contributed by atoms with Crippen LogP contribution in [-0.4, -0.2) is 23.0 Å². The molecular weight excluding hydrogens is 208 g/mol. The summed E-state index contributed by atoms with van der Waals surface area (Å²) in [5.41, 5.74) is 7.67. The molecule has 2 rings (SSSR count). The number of piperidine rings is 1. The van der Waals surface area contributed by atoms with Crippen LogP contribution in [0.25, 0.3) is 0 Å². The second-order valence-corrected chi connectivity index (χ2v) is 5.54. The number of hydrogen-bond donors (Lipinski definition) is 1. The van der Waals surface area contributed by atoms with Gasteiger partial charge >= 0.3 is 0 Å². The Hall–Kier alpha value is -0.860. The van der Waals surface area contributed by atoms with Crippen molar-refractivity contribution in [3.63, 3.8) is 0 Å². The van der Waals surface area contributed by atoms with E-state index in [1.807, 2.05) is 0 Å². The van der Waals surface area contributed by atoms with E-state index < -0.39 is 0 Å². The van der Waals surface area contributed by atoms with Gasteiger partial charge in [-0.1, -0.05) is 37.3 Å². The third-order valence-electron chi connectivity index (χ3n) is 4.22. The summed E-state index contributed by atoms with van der Waals surface area (Å²) in [5.74, 6) is 0.632. The van der Waals surface area contributed by atoms with Gasteiger partial charge in [-0.3, -0.25) is 4.90 Å². The summed E-state index contributed by atoms with van der Waals surface area (Å²) in [4.78, 5) is 2.54. The summed E-state index contributed by atoms with van der Waals surface area (Å²) in [5, 5.41) is 0. The Morgan fingerprint density at radius 1 is 1.18 bits per heavy atom. The highest BCUT2D eigenvalue weighted by molar-refractivity contribution is 5.15. The molecule has 1 fully saturated rings. The quantitative estimate of drug-likeness (QED) is 0.849. The third-order valence-corrected chi connectivity index (χ3v) is 4.22. The minimum atomic E-state index is 0.301. The molecule has 0 bridgehead atoms. The van der Waals surface area contributed by atoms with Gasteiger partial charge in [0.05, 0.1) is 0 Å². The largest absolute Gasteiger partial charge is 0.326 e. The van der Waals surface area contributed by atoms with Crippen LogP contribution in [0.15, 0.2) is 30.3 Å². The molecule has 0 unspecified atom stereocenters. The van der Waals surface area contributed by atoms with Crippen molar-refractivity contribution in [2.45, 2.75) is 51.9 Å². The predicted octanol–water partition coefficient (Wildman–Crippen LogP) is 2.63. The molecule has 1 saturated heterocycles. The maximum absolute atomic E-state index is 6.29. The average molecular weight is 232 g/mol. The van der Waals surface area contributed by atoms with Gasteiger partial charge in [-0.05, 0) is 31.7 Å². The highest BCUT2D eigenvalue weighted by Gasteiger charge is 2.34. The molecule has 1 aromatic carbocycles. The molecule has 4 atom stereocenters. The number of benzene rings is 1. The van der Waals surface area contributed by atoms with Gasteiger partial charge < -0.3 is 5.73 Å². The van der Waals surface area contributed by atoms with Crippen molar-refractivity contribution in [2.24, 2.45) is 11.7 Å². The Kier molecular flexibility index (Phi) is 3.85. The first-order chi connectivity index (χ1) is 8.09. The van der Waals surface area contributed by atoms with Crippen LogP contribution in [0.2, 0.25) is 0 Å². The molecule has 1 heterocycles. The van der Waals surface area contributed by atoms with Crippen molar-refractivity contribution in [1.82, 2.24) is 4.90 Å². The van der Waals surface area contributed by atoms with Crippen LogP contribution in [0.5, 0.6) is 0 Å². The van der Waals surface area contributed by atoms with E-state index in [4.69, 9.17) is 5.73 Å². The molecule has 0 aliphatic carbocycles. The lowest BCUT2D eigenvalue weighted by Gasteiger charge is -2.45. The zero-order chi connectivity index (χ0) is 12.4. The van der Waals surface area contributed by atoms with E-state index >= 15 is 0 Å².